The van der Waals surface area contributed by atoms with Gasteiger partial charge in [0, 0.05) is 32.6 Å². The van der Waals surface area contributed by atoms with Crippen LogP contribution >= 0.6 is 11.3 Å². The number of hydrogen-bond acceptors (Lipinski definition) is 5. The molecule has 2 aliphatic rings. The second-order valence-electron chi connectivity index (χ2n) is 10.3. The molecule has 2 amide bonds. The van der Waals surface area contributed by atoms with Crippen LogP contribution in [0.25, 0.3) is 10.2 Å². The monoisotopic (exact) mass is 469 g/mol. The summed E-state index contributed by atoms with van der Waals surface area (Å²) in [5.41, 5.74) is 0.531. The van der Waals surface area contributed by atoms with Crippen LogP contribution in [-0.4, -0.2) is 59.1 Å². The van der Waals surface area contributed by atoms with Crippen molar-refractivity contribution in [2.24, 2.45) is 11.8 Å². The number of hydrogen-bond donors (Lipinski definition) is 0. The zero-order chi connectivity index (χ0) is 23.6. The first-order chi connectivity index (χ1) is 15.7. The lowest BCUT2D eigenvalue weighted by Gasteiger charge is -2.37. The molecule has 1 aliphatic carbocycles. The molecule has 0 saturated carbocycles. The van der Waals surface area contributed by atoms with Gasteiger partial charge in [0.25, 0.3) is 0 Å². The number of thiazole rings is 1. The molecule has 2 atom stereocenters. The smallest absolute Gasteiger partial charge is 0.410 e. The minimum Gasteiger partial charge on any atom is -0.444 e. The number of fused-ring (bicyclic) bond motifs is 1. The minimum absolute atomic E-state index is 0.0449. The van der Waals surface area contributed by atoms with Crippen LogP contribution in [0.2, 0.25) is 0 Å². The molecule has 0 spiro atoms. The zero-order valence-electron chi connectivity index (χ0n) is 20.1. The van der Waals surface area contributed by atoms with Crippen LogP contribution in [0.3, 0.4) is 0 Å². The molecule has 1 aliphatic heterocycles. The molecule has 7 heteroatoms. The molecule has 4 rings (SSSR count). The SMILES string of the molecule is CN(CC1CCN(C(=O)C2CC=CCC2c2nc3ccccc3s2)CC1)C(=O)OC(C)(C)C. The summed E-state index contributed by atoms with van der Waals surface area (Å²) in [7, 11) is 1.79. The second kappa shape index (κ2) is 9.84. The van der Waals surface area contributed by atoms with Crippen LogP contribution in [0, 0.1) is 11.8 Å². The highest BCUT2D eigenvalue weighted by atomic mass is 32.1. The first-order valence-corrected chi connectivity index (χ1v) is 12.8. The molecule has 2 aromatic rings. The Labute approximate surface area is 200 Å². The van der Waals surface area contributed by atoms with E-state index in [9.17, 15) is 9.59 Å². The lowest BCUT2D eigenvalue weighted by Crippen LogP contribution is -2.45. The van der Waals surface area contributed by atoms with Crippen LogP contribution in [0.4, 0.5) is 4.79 Å². The fourth-order valence-corrected chi connectivity index (χ4v) is 5.93. The van der Waals surface area contributed by atoms with Crippen molar-refractivity contribution in [1.82, 2.24) is 14.8 Å². The third kappa shape index (κ3) is 5.75. The molecule has 1 saturated heterocycles. The van der Waals surface area contributed by atoms with Crippen LogP contribution in [-0.2, 0) is 9.53 Å². The molecule has 0 N–H and O–H groups in total. The molecule has 2 unspecified atom stereocenters. The number of allylic oxidation sites excluding steroid dienone is 2. The number of carbonyl (C=O) groups is 2. The van der Waals surface area contributed by atoms with Crippen LogP contribution in [0.5, 0.6) is 0 Å². The molecule has 6 nitrogen and oxygen atoms in total. The van der Waals surface area contributed by atoms with Gasteiger partial charge in [-0.2, -0.15) is 0 Å². The van der Waals surface area contributed by atoms with Crippen molar-refractivity contribution in [1.29, 1.82) is 0 Å². The molecule has 1 fully saturated rings. The van der Waals surface area contributed by atoms with E-state index in [0.717, 1.165) is 49.3 Å². The summed E-state index contributed by atoms with van der Waals surface area (Å²) >= 11 is 1.72. The number of piperidine rings is 1. The molecule has 1 aromatic carbocycles. The molecular weight excluding hydrogens is 434 g/mol. The third-order valence-electron chi connectivity index (χ3n) is 6.54. The maximum atomic E-state index is 13.5. The topological polar surface area (TPSA) is 62.7 Å². The Balaban J connectivity index is 1.35. The van der Waals surface area contributed by atoms with Gasteiger partial charge in [-0.15, -0.1) is 11.3 Å². The van der Waals surface area contributed by atoms with Crippen molar-refractivity contribution in [3.63, 3.8) is 0 Å². The zero-order valence-corrected chi connectivity index (χ0v) is 20.9. The van der Waals surface area contributed by atoms with Crippen molar-refractivity contribution in [3.05, 3.63) is 41.4 Å². The second-order valence-corrected chi connectivity index (χ2v) is 11.4. The summed E-state index contributed by atoms with van der Waals surface area (Å²) in [6, 6.07) is 8.20. The van der Waals surface area contributed by atoms with E-state index in [2.05, 4.69) is 18.2 Å². The fourth-order valence-electron chi connectivity index (χ4n) is 4.78. The van der Waals surface area contributed by atoms with Gasteiger partial charge in [0.2, 0.25) is 5.91 Å². The summed E-state index contributed by atoms with van der Waals surface area (Å²) in [4.78, 5) is 34.4. The van der Waals surface area contributed by atoms with Gasteiger partial charge < -0.3 is 14.5 Å². The van der Waals surface area contributed by atoms with Gasteiger partial charge in [-0.05, 0) is 64.5 Å². The van der Waals surface area contributed by atoms with Gasteiger partial charge in [0.15, 0.2) is 0 Å². The number of para-hydroxylation sites is 1. The minimum atomic E-state index is -0.491. The summed E-state index contributed by atoms with van der Waals surface area (Å²) in [5, 5.41) is 1.08. The summed E-state index contributed by atoms with van der Waals surface area (Å²) in [5.74, 6) is 0.743. The van der Waals surface area contributed by atoms with Crippen LogP contribution < -0.4 is 0 Å². The van der Waals surface area contributed by atoms with E-state index in [1.807, 2.05) is 43.9 Å². The Kier molecular flexibility index (Phi) is 7.07. The highest BCUT2D eigenvalue weighted by Gasteiger charge is 2.36. The predicted octanol–water partition coefficient (Wildman–Crippen LogP) is 5.45. The van der Waals surface area contributed by atoms with Crippen molar-refractivity contribution >= 4 is 33.6 Å². The van der Waals surface area contributed by atoms with E-state index < -0.39 is 5.60 Å². The lowest BCUT2D eigenvalue weighted by molar-refractivity contribution is -0.137. The van der Waals surface area contributed by atoms with E-state index >= 15 is 0 Å². The highest BCUT2D eigenvalue weighted by Crippen LogP contribution is 2.39. The third-order valence-corrected chi connectivity index (χ3v) is 7.71. The van der Waals surface area contributed by atoms with Gasteiger partial charge in [0.05, 0.1) is 21.1 Å². The molecule has 178 valence electrons. The molecular formula is C26H35N3O3S. The fraction of sp³-hybridized carbons (Fsp3) is 0.577. The van der Waals surface area contributed by atoms with Crippen molar-refractivity contribution in [2.75, 3.05) is 26.7 Å². The largest absolute Gasteiger partial charge is 0.444 e. The average molecular weight is 470 g/mol. The molecule has 2 heterocycles. The average Bonchev–Trinajstić information content (AvgIpc) is 3.22. The quantitative estimate of drug-likeness (QED) is 0.559. The van der Waals surface area contributed by atoms with E-state index in [1.54, 1.807) is 23.3 Å². The van der Waals surface area contributed by atoms with E-state index in [1.165, 1.54) is 4.70 Å². The van der Waals surface area contributed by atoms with E-state index in [4.69, 9.17) is 9.72 Å². The Hall–Kier alpha value is -2.41. The van der Waals surface area contributed by atoms with Gasteiger partial charge in [-0.3, -0.25) is 4.79 Å². The standard InChI is InChI=1S/C26H35N3O3S/c1-26(2,3)32-25(31)28(4)17-18-13-15-29(16-14-18)24(30)20-10-6-5-9-19(20)23-27-21-11-7-8-12-22(21)33-23/h5-8,11-12,18-20H,9-10,13-17H2,1-4H3. The Bertz CT molecular complexity index is 984. The van der Waals surface area contributed by atoms with Gasteiger partial charge in [-0.25, -0.2) is 9.78 Å². The molecule has 0 bridgehead atoms. The summed E-state index contributed by atoms with van der Waals surface area (Å²) in [6.07, 6.45) is 7.52. The van der Waals surface area contributed by atoms with Crippen molar-refractivity contribution in [3.8, 4) is 0 Å². The Morgan fingerprint density at radius 1 is 1.15 bits per heavy atom. The number of likely N-dealkylation sites (tertiary alicyclic amines) is 1. The maximum absolute atomic E-state index is 13.5. The normalized spacial score (nSPS) is 21.9. The first-order valence-electron chi connectivity index (χ1n) is 11.9. The van der Waals surface area contributed by atoms with Crippen molar-refractivity contribution in [2.45, 2.75) is 58.0 Å². The molecule has 1 aromatic heterocycles. The van der Waals surface area contributed by atoms with Crippen LogP contribution in [0.15, 0.2) is 36.4 Å². The van der Waals surface area contributed by atoms with E-state index in [-0.39, 0.29) is 23.8 Å². The number of aromatic nitrogens is 1. The highest BCUT2D eigenvalue weighted by molar-refractivity contribution is 7.18. The number of benzene rings is 1. The number of nitrogens with zero attached hydrogens (tertiary/aromatic N) is 3. The van der Waals surface area contributed by atoms with Gasteiger partial charge in [0.1, 0.15) is 5.60 Å². The Morgan fingerprint density at radius 3 is 2.55 bits per heavy atom. The van der Waals surface area contributed by atoms with E-state index in [0.29, 0.717) is 12.5 Å². The predicted molar refractivity (Wildman–Crippen MR) is 132 cm³/mol. The number of amides is 2. The summed E-state index contributed by atoms with van der Waals surface area (Å²) in [6.45, 7) is 7.80. The molecule has 33 heavy (non-hydrogen) atoms. The number of carbonyl (C=O) groups excluding carboxylic acids is 2. The molecule has 0 radical (unpaired) electrons. The van der Waals surface area contributed by atoms with Crippen LogP contribution in [0.1, 0.15) is 57.4 Å². The first kappa shape index (κ1) is 23.7. The number of ether oxygens (including phenoxy) is 1. The van der Waals surface area contributed by atoms with Crippen molar-refractivity contribution < 1.29 is 14.3 Å². The van der Waals surface area contributed by atoms with Gasteiger partial charge in [-0.1, -0.05) is 24.3 Å². The summed E-state index contributed by atoms with van der Waals surface area (Å²) < 4.78 is 6.65. The number of rotatable bonds is 4. The maximum Gasteiger partial charge on any atom is 0.410 e. The lowest BCUT2D eigenvalue weighted by atomic mass is 9.81. The Morgan fingerprint density at radius 2 is 1.85 bits per heavy atom. The van der Waals surface area contributed by atoms with Gasteiger partial charge >= 0.3 is 6.09 Å².